The molecule has 0 atom stereocenters. The molecule has 0 amide bonds. The van der Waals surface area contributed by atoms with Gasteiger partial charge in [0.05, 0.1) is 0 Å². The molecule has 1 aromatic carbocycles. The molecule has 0 radical (unpaired) electrons. The Morgan fingerprint density at radius 1 is 1.42 bits per heavy atom. The van der Waals surface area contributed by atoms with E-state index in [0.717, 1.165) is 16.5 Å². The second-order valence-corrected chi connectivity index (χ2v) is 2.71. The zero-order valence-corrected chi connectivity index (χ0v) is 7.16. The average molecular weight is 180 g/mol. The first-order valence-corrected chi connectivity index (χ1v) is 3.84. The number of thiol groups is 1. The number of benzene rings is 1. The maximum atomic E-state index is 10.2. The summed E-state index contributed by atoms with van der Waals surface area (Å²) in [5, 5.41) is 8.35. The van der Waals surface area contributed by atoms with Crippen LogP contribution in [0, 0.1) is 0 Å². The minimum atomic E-state index is -0.952. The third kappa shape index (κ3) is 2.43. The van der Waals surface area contributed by atoms with E-state index in [-0.39, 0.29) is 0 Å². The predicted molar refractivity (Wildman–Crippen MR) is 50.4 cm³/mol. The van der Waals surface area contributed by atoms with Crippen LogP contribution in [0.15, 0.2) is 35.2 Å². The fourth-order valence-corrected chi connectivity index (χ4v) is 1.02. The molecular formula is C9H8O2S. The number of carboxylic acid groups (broad SMARTS) is 1. The number of carboxylic acids is 1. The standard InChI is InChI=1S/C9H8O2S/c10-9(11)6-5-7-3-1-2-4-8(7)12/h1-6,12H,(H,10,11)/b6-5-. The van der Waals surface area contributed by atoms with Gasteiger partial charge in [0, 0.05) is 11.0 Å². The molecule has 0 saturated carbocycles. The molecule has 0 saturated heterocycles. The molecule has 0 aliphatic rings. The summed E-state index contributed by atoms with van der Waals surface area (Å²) in [6.07, 6.45) is 2.61. The fraction of sp³-hybridized carbons (Fsp3) is 0. The van der Waals surface area contributed by atoms with Crippen molar-refractivity contribution in [2.24, 2.45) is 0 Å². The molecular weight excluding hydrogens is 172 g/mol. The van der Waals surface area contributed by atoms with Gasteiger partial charge < -0.3 is 5.11 Å². The van der Waals surface area contributed by atoms with Crippen LogP contribution in [0.1, 0.15) is 5.56 Å². The van der Waals surface area contributed by atoms with Crippen molar-refractivity contribution in [3.05, 3.63) is 35.9 Å². The van der Waals surface area contributed by atoms with E-state index in [1.807, 2.05) is 24.3 Å². The Balaban J connectivity index is 2.89. The van der Waals surface area contributed by atoms with Crippen molar-refractivity contribution in [2.75, 3.05) is 0 Å². The zero-order valence-electron chi connectivity index (χ0n) is 6.27. The topological polar surface area (TPSA) is 37.3 Å². The SMILES string of the molecule is O=C(O)/C=C\c1ccccc1S. The molecule has 3 heteroatoms. The van der Waals surface area contributed by atoms with E-state index < -0.39 is 5.97 Å². The quantitative estimate of drug-likeness (QED) is 0.540. The zero-order chi connectivity index (χ0) is 8.97. The van der Waals surface area contributed by atoms with Gasteiger partial charge in [0.15, 0.2) is 0 Å². The van der Waals surface area contributed by atoms with E-state index in [2.05, 4.69) is 12.6 Å². The minimum absolute atomic E-state index is 0.773. The van der Waals surface area contributed by atoms with Crippen molar-refractivity contribution < 1.29 is 9.90 Å². The summed E-state index contributed by atoms with van der Waals surface area (Å²) in [6.45, 7) is 0. The first-order chi connectivity index (χ1) is 5.70. The van der Waals surface area contributed by atoms with Crippen LogP contribution < -0.4 is 0 Å². The first kappa shape index (κ1) is 8.87. The molecule has 12 heavy (non-hydrogen) atoms. The van der Waals surface area contributed by atoms with Gasteiger partial charge in [0.1, 0.15) is 0 Å². The number of hydrogen-bond acceptors (Lipinski definition) is 2. The highest BCUT2D eigenvalue weighted by atomic mass is 32.1. The summed E-state index contributed by atoms with van der Waals surface area (Å²) >= 11 is 4.16. The largest absolute Gasteiger partial charge is 0.478 e. The fourth-order valence-electron chi connectivity index (χ4n) is 0.790. The first-order valence-electron chi connectivity index (χ1n) is 3.39. The van der Waals surface area contributed by atoms with Gasteiger partial charge in [0.25, 0.3) is 0 Å². The summed E-state index contributed by atoms with van der Waals surface area (Å²) in [4.78, 5) is 10.9. The number of aliphatic carboxylic acids is 1. The highest BCUT2D eigenvalue weighted by molar-refractivity contribution is 7.80. The highest BCUT2D eigenvalue weighted by Crippen LogP contribution is 2.13. The van der Waals surface area contributed by atoms with Crippen molar-refractivity contribution in [1.82, 2.24) is 0 Å². The van der Waals surface area contributed by atoms with Crippen LogP contribution in [0.3, 0.4) is 0 Å². The Morgan fingerprint density at radius 2 is 2.08 bits per heavy atom. The van der Waals surface area contributed by atoms with Crippen molar-refractivity contribution in [1.29, 1.82) is 0 Å². The number of carbonyl (C=O) groups is 1. The molecule has 0 bridgehead atoms. The lowest BCUT2D eigenvalue weighted by molar-refractivity contribution is -0.131. The van der Waals surface area contributed by atoms with E-state index in [1.165, 1.54) is 6.08 Å². The van der Waals surface area contributed by atoms with E-state index in [9.17, 15) is 4.79 Å². The van der Waals surface area contributed by atoms with E-state index >= 15 is 0 Å². The molecule has 0 heterocycles. The van der Waals surface area contributed by atoms with Crippen LogP contribution in [0.25, 0.3) is 6.08 Å². The normalized spacial score (nSPS) is 10.4. The predicted octanol–water partition coefficient (Wildman–Crippen LogP) is 2.07. The molecule has 2 nitrogen and oxygen atoms in total. The molecule has 0 unspecified atom stereocenters. The van der Waals surface area contributed by atoms with Gasteiger partial charge in [-0.2, -0.15) is 0 Å². The Kier molecular flexibility index (Phi) is 2.94. The smallest absolute Gasteiger partial charge is 0.328 e. The second kappa shape index (κ2) is 3.97. The Hall–Kier alpha value is -1.22. The second-order valence-electron chi connectivity index (χ2n) is 2.23. The average Bonchev–Trinajstić information content (AvgIpc) is 2.03. The summed E-state index contributed by atoms with van der Waals surface area (Å²) in [5.41, 5.74) is 0.809. The van der Waals surface area contributed by atoms with Crippen LogP contribution in [0.2, 0.25) is 0 Å². The Morgan fingerprint density at radius 3 is 2.67 bits per heavy atom. The van der Waals surface area contributed by atoms with Crippen LogP contribution in [0.5, 0.6) is 0 Å². The van der Waals surface area contributed by atoms with Crippen LogP contribution >= 0.6 is 12.6 Å². The summed E-state index contributed by atoms with van der Waals surface area (Å²) in [7, 11) is 0. The molecule has 1 aromatic rings. The van der Waals surface area contributed by atoms with Gasteiger partial charge in [0.2, 0.25) is 0 Å². The van der Waals surface area contributed by atoms with E-state index in [1.54, 1.807) is 0 Å². The Labute approximate surface area is 75.9 Å². The Bertz CT molecular complexity index is 318. The van der Waals surface area contributed by atoms with Crippen molar-refractivity contribution >= 4 is 24.7 Å². The minimum Gasteiger partial charge on any atom is -0.478 e. The molecule has 1 N–H and O–H groups in total. The van der Waals surface area contributed by atoms with Crippen molar-refractivity contribution in [3.8, 4) is 0 Å². The third-order valence-electron chi connectivity index (χ3n) is 1.34. The van der Waals surface area contributed by atoms with Gasteiger partial charge in [-0.3, -0.25) is 0 Å². The summed E-state index contributed by atoms with van der Waals surface area (Å²) in [6, 6.07) is 7.30. The van der Waals surface area contributed by atoms with Gasteiger partial charge >= 0.3 is 5.97 Å². The molecule has 1 rings (SSSR count). The monoisotopic (exact) mass is 180 g/mol. The lowest BCUT2D eigenvalue weighted by atomic mass is 10.2. The van der Waals surface area contributed by atoms with E-state index in [0.29, 0.717) is 0 Å². The van der Waals surface area contributed by atoms with Crippen LogP contribution in [0.4, 0.5) is 0 Å². The maximum Gasteiger partial charge on any atom is 0.328 e. The number of rotatable bonds is 2. The highest BCUT2D eigenvalue weighted by Gasteiger charge is 1.92. The van der Waals surface area contributed by atoms with Gasteiger partial charge in [-0.1, -0.05) is 18.2 Å². The van der Waals surface area contributed by atoms with Crippen LogP contribution in [-0.4, -0.2) is 11.1 Å². The third-order valence-corrected chi connectivity index (χ3v) is 1.75. The molecule has 0 aliphatic heterocycles. The van der Waals surface area contributed by atoms with Crippen LogP contribution in [-0.2, 0) is 4.79 Å². The van der Waals surface area contributed by atoms with Crippen molar-refractivity contribution in [2.45, 2.75) is 4.90 Å². The molecule has 0 spiro atoms. The van der Waals surface area contributed by atoms with Gasteiger partial charge in [-0.15, -0.1) is 12.6 Å². The summed E-state index contributed by atoms with van der Waals surface area (Å²) in [5.74, 6) is -0.952. The molecule has 62 valence electrons. The molecule has 0 aromatic heterocycles. The lowest BCUT2D eigenvalue weighted by Crippen LogP contribution is -1.85. The summed E-state index contributed by atoms with van der Waals surface area (Å²) < 4.78 is 0. The van der Waals surface area contributed by atoms with E-state index in [4.69, 9.17) is 5.11 Å². The molecule has 0 aliphatic carbocycles. The van der Waals surface area contributed by atoms with Gasteiger partial charge in [-0.25, -0.2) is 4.79 Å². The lowest BCUT2D eigenvalue weighted by Gasteiger charge is -1.95. The van der Waals surface area contributed by atoms with Gasteiger partial charge in [-0.05, 0) is 17.7 Å². The maximum absolute atomic E-state index is 10.2. The molecule has 0 fully saturated rings. The van der Waals surface area contributed by atoms with Crippen molar-refractivity contribution in [3.63, 3.8) is 0 Å². The number of hydrogen-bond donors (Lipinski definition) is 2.